The van der Waals surface area contributed by atoms with Gasteiger partial charge in [0.15, 0.2) is 5.69 Å². The highest BCUT2D eigenvalue weighted by Crippen LogP contribution is 2.39. The van der Waals surface area contributed by atoms with Crippen LogP contribution in [0.15, 0.2) is 35.5 Å². The molecule has 3 aromatic rings. The summed E-state index contributed by atoms with van der Waals surface area (Å²) in [4.78, 5) is 4.24. The molecule has 1 fully saturated rings. The molecule has 0 amide bonds. The van der Waals surface area contributed by atoms with Crippen LogP contribution in [0.25, 0.3) is 11.3 Å². The fourth-order valence-corrected chi connectivity index (χ4v) is 4.94. The Bertz CT molecular complexity index is 1240. The average Bonchev–Trinajstić information content (AvgIpc) is 3.29. The number of rotatable bonds is 5. The van der Waals surface area contributed by atoms with Crippen LogP contribution in [-0.4, -0.2) is 65.7 Å². The Kier molecular flexibility index (Phi) is 7.34. The Morgan fingerprint density at radius 2 is 1.88 bits per heavy atom. The van der Waals surface area contributed by atoms with Gasteiger partial charge in [-0.3, -0.25) is 0 Å². The third-order valence-electron chi connectivity index (χ3n) is 5.11. The van der Waals surface area contributed by atoms with Gasteiger partial charge in [-0.1, -0.05) is 40.2 Å². The molecule has 3 N–H and O–H groups in total. The van der Waals surface area contributed by atoms with E-state index in [1.54, 1.807) is 0 Å². The van der Waals surface area contributed by atoms with E-state index in [2.05, 4.69) is 15.3 Å². The summed E-state index contributed by atoms with van der Waals surface area (Å²) >= 11 is 12.4. The Labute approximate surface area is 205 Å². The first-order chi connectivity index (χ1) is 16.2. The van der Waals surface area contributed by atoms with E-state index in [4.69, 9.17) is 27.9 Å². The highest BCUT2D eigenvalue weighted by Gasteiger charge is 2.46. The molecule has 0 saturated carbocycles. The monoisotopic (exact) mass is 529 g/mol. The number of aliphatic hydroxyl groups excluding tert-OH is 3. The maximum Gasteiger partial charge on any atom is 0.154 e. The maximum atomic E-state index is 13.9. The number of halogens is 4. The van der Waals surface area contributed by atoms with Crippen molar-refractivity contribution in [1.82, 2.24) is 20.0 Å². The van der Waals surface area contributed by atoms with Crippen LogP contribution in [0.2, 0.25) is 10.0 Å². The average molecular weight is 530 g/mol. The molecule has 1 aromatic carbocycles. The SMILES string of the molecule is N#Cc1ncc(Cl)cc1SC1OC(CO)C(O)C(n2cc(-c3cc(F)c(Cl)c(F)c3)nn2)C1O. The highest BCUT2D eigenvalue weighted by molar-refractivity contribution is 7.99. The van der Waals surface area contributed by atoms with Crippen molar-refractivity contribution in [3.05, 3.63) is 58.0 Å². The summed E-state index contributed by atoms with van der Waals surface area (Å²) < 4.78 is 34.5. The Morgan fingerprint density at radius 1 is 1.18 bits per heavy atom. The molecule has 2 aromatic heterocycles. The Hall–Kier alpha value is -2.37. The van der Waals surface area contributed by atoms with Crippen molar-refractivity contribution in [2.45, 2.75) is 34.7 Å². The fourth-order valence-electron chi connectivity index (χ4n) is 3.46. The molecule has 3 heterocycles. The normalized spacial score (nSPS) is 24.7. The fraction of sp³-hybridized carbons (Fsp3) is 0.300. The predicted octanol–water partition coefficient (Wildman–Crippen LogP) is 2.57. The second-order valence-corrected chi connectivity index (χ2v) is 9.22. The van der Waals surface area contributed by atoms with Crippen LogP contribution in [0.1, 0.15) is 11.7 Å². The summed E-state index contributed by atoms with van der Waals surface area (Å²) in [5, 5.41) is 48.1. The summed E-state index contributed by atoms with van der Waals surface area (Å²) in [5.41, 5.74) is -0.940. The lowest BCUT2D eigenvalue weighted by Gasteiger charge is -2.41. The number of benzene rings is 1. The van der Waals surface area contributed by atoms with Gasteiger partial charge in [0.2, 0.25) is 0 Å². The molecule has 0 radical (unpaired) electrons. The molecule has 1 aliphatic rings. The third kappa shape index (κ3) is 4.73. The van der Waals surface area contributed by atoms with Crippen molar-refractivity contribution in [3.63, 3.8) is 0 Å². The summed E-state index contributed by atoms with van der Waals surface area (Å²) in [7, 11) is 0. The van der Waals surface area contributed by atoms with Crippen molar-refractivity contribution < 1.29 is 28.8 Å². The van der Waals surface area contributed by atoms with Crippen molar-refractivity contribution in [2.75, 3.05) is 6.61 Å². The van der Waals surface area contributed by atoms with Gasteiger partial charge >= 0.3 is 0 Å². The first-order valence-corrected chi connectivity index (χ1v) is 11.3. The van der Waals surface area contributed by atoms with Crippen LogP contribution < -0.4 is 0 Å². The molecule has 14 heteroatoms. The van der Waals surface area contributed by atoms with E-state index in [0.29, 0.717) is 4.90 Å². The zero-order chi connectivity index (χ0) is 24.6. The van der Waals surface area contributed by atoms with E-state index in [0.717, 1.165) is 28.6 Å². The van der Waals surface area contributed by atoms with Crippen LogP contribution >= 0.6 is 35.0 Å². The number of thioether (sulfide) groups is 1. The number of aromatic nitrogens is 4. The molecule has 1 aliphatic heterocycles. The molecular formula is C20H15Cl2F2N5O4S. The van der Waals surface area contributed by atoms with Crippen LogP contribution in [0.4, 0.5) is 8.78 Å². The van der Waals surface area contributed by atoms with Crippen molar-refractivity contribution in [1.29, 1.82) is 5.26 Å². The summed E-state index contributed by atoms with van der Waals surface area (Å²) in [6.45, 7) is -0.588. The lowest BCUT2D eigenvalue weighted by atomic mass is 9.97. The molecule has 5 atom stereocenters. The second kappa shape index (κ2) is 10.1. The molecule has 9 nitrogen and oxygen atoms in total. The van der Waals surface area contributed by atoms with E-state index in [9.17, 15) is 29.4 Å². The third-order valence-corrected chi connectivity index (χ3v) is 6.87. The van der Waals surface area contributed by atoms with E-state index < -0.39 is 53.1 Å². The minimum atomic E-state index is -1.42. The van der Waals surface area contributed by atoms with Gasteiger partial charge < -0.3 is 20.1 Å². The van der Waals surface area contributed by atoms with Gasteiger partial charge in [-0.05, 0) is 18.2 Å². The van der Waals surface area contributed by atoms with Gasteiger partial charge in [0.25, 0.3) is 0 Å². The van der Waals surface area contributed by atoms with E-state index >= 15 is 0 Å². The van der Waals surface area contributed by atoms with Gasteiger partial charge in [0, 0.05) is 16.7 Å². The standard InChI is InChI=1S/C20H15Cl2F2N5O4S/c21-9-3-15(12(4-25)26-5-9)34-20-19(32)17(18(31)14(7-30)33-20)29-6-13(27-28-29)8-1-10(23)16(22)11(24)2-8/h1-3,5-6,14,17-20,30-32H,7H2. The summed E-state index contributed by atoms with van der Waals surface area (Å²) in [6.07, 6.45) is -1.38. The van der Waals surface area contributed by atoms with Gasteiger partial charge in [-0.15, -0.1) is 5.10 Å². The molecule has 5 unspecified atom stereocenters. The number of hydrogen-bond acceptors (Lipinski definition) is 9. The van der Waals surface area contributed by atoms with Crippen molar-refractivity contribution >= 4 is 35.0 Å². The quantitative estimate of drug-likeness (QED) is 0.425. The first-order valence-electron chi connectivity index (χ1n) is 9.65. The van der Waals surface area contributed by atoms with Crippen LogP contribution in [-0.2, 0) is 4.74 Å². The smallest absolute Gasteiger partial charge is 0.154 e. The first kappa shape index (κ1) is 24.7. The number of aliphatic hydroxyl groups is 3. The molecule has 0 bridgehead atoms. The van der Waals surface area contributed by atoms with Crippen molar-refractivity contribution in [2.24, 2.45) is 0 Å². The number of ether oxygens (including phenoxy) is 1. The molecule has 34 heavy (non-hydrogen) atoms. The number of nitrogens with zero attached hydrogens (tertiary/aromatic N) is 5. The summed E-state index contributed by atoms with van der Waals surface area (Å²) in [5.74, 6) is -1.98. The van der Waals surface area contributed by atoms with Crippen LogP contribution in [0.3, 0.4) is 0 Å². The van der Waals surface area contributed by atoms with Crippen molar-refractivity contribution in [3.8, 4) is 17.3 Å². The molecule has 4 rings (SSSR count). The molecule has 1 saturated heterocycles. The topological polar surface area (TPSA) is 137 Å². The Balaban J connectivity index is 1.66. The summed E-state index contributed by atoms with van der Waals surface area (Å²) in [6, 6.07) is 4.17. The number of hydrogen-bond donors (Lipinski definition) is 3. The van der Waals surface area contributed by atoms with Gasteiger partial charge in [0.1, 0.15) is 58.2 Å². The molecular weight excluding hydrogens is 515 g/mol. The molecule has 0 spiro atoms. The minimum absolute atomic E-state index is 0.0370. The Morgan fingerprint density at radius 3 is 2.53 bits per heavy atom. The number of pyridine rings is 1. The van der Waals surface area contributed by atoms with Gasteiger partial charge in [-0.25, -0.2) is 18.4 Å². The largest absolute Gasteiger partial charge is 0.394 e. The van der Waals surface area contributed by atoms with Gasteiger partial charge in [0.05, 0.1) is 17.8 Å². The van der Waals surface area contributed by atoms with Gasteiger partial charge in [-0.2, -0.15) is 5.26 Å². The molecule has 0 aliphatic carbocycles. The van der Waals surface area contributed by atoms with E-state index in [1.807, 2.05) is 6.07 Å². The second-order valence-electron chi connectivity index (χ2n) is 7.26. The maximum absolute atomic E-state index is 13.9. The lowest BCUT2D eigenvalue weighted by Crippen LogP contribution is -2.55. The predicted molar refractivity (Wildman–Crippen MR) is 117 cm³/mol. The zero-order valence-corrected chi connectivity index (χ0v) is 19.2. The van der Waals surface area contributed by atoms with E-state index in [1.165, 1.54) is 18.5 Å². The minimum Gasteiger partial charge on any atom is -0.394 e. The van der Waals surface area contributed by atoms with Crippen LogP contribution in [0, 0.1) is 23.0 Å². The zero-order valence-electron chi connectivity index (χ0n) is 16.9. The lowest BCUT2D eigenvalue weighted by molar-refractivity contribution is -0.178. The number of nitriles is 1. The highest BCUT2D eigenvalue weighted by atomic mass is 35.5. The van der Waals surface area contributed by atoms with E-state index in [-0.39, 0.29) is 22.0 Å². The molecule has 178 valence electrons. The van der Waals surface area contributed by atoms with Crippen LogP contribution in [0.5, 0.6) is 0 Å².